The number of alkyl halides is 6. The van der Waals surface area contributed by atoms with Gasteiger partial charge >= 0.3 is 18.3 Å². The third-order valence-corrected chi connectivity index (χ3v) is 8.00. The first-order valence-electron chi connectivity index (χ1n) is 14.5. The summed E-state index contributed by atoms with van der Waals surface area (Å²) in [6.07, 6.45) is -5.41. The minimum absolute atomic E-state index is 0.0765. The van der Waals surface area contributed by atoms with Gasteiger partial charge in [-0.05, 0) is 31.0 Å². The summed E-state index contributed by atoms with van der Waals surface area (Å²) in [5.74, 6) is -3.64. The van der Waals surface area contributed by atoms with Crippen LogP contribution in [-0.2, 0) is 15.7 Å². The zero-order chi connectivity index (χ0) is 34.8. The molecule has 2 unspecified atom stereocenters. The molecule has 3 aliphatic heterocycles. The van der Waals surface area contributed by atoms with Crippen molar-refractivity contribution in [3.05, 3.63) is 64.1 Å². The number of nitrogens with one attached hydrogen (secondary N) is 3. The van der Waals surface area contributed by atoms with Gasteiger partial charge in [-0.1, -0.05) is 0 Å². The number of aliphatic carboxylic acids is 1. The summed E-state index contributed by atoms with van der Waals surface area (Å²) in [6.45, 7) is 4.37. The van der Waals surface area contributed by atoms with Crippen molar-refractivity contribution >= 4 is 29.2 Å². The summed E-state index contributed by atoms with van der Waals surface area (Å²) in [7, 11) is 0. The lowest BCUT2D eigenvalue weighted by atomic mass is 10.0. The Morgan fingerprint density at radius 3 is 2.27 bits per heavy atom. The second kappa shape index (κ2) is 13.8. The number of carbonyl (C=O) groups is 2. The number of fused-ring (bicyclic) bond motifs is 1. The number of carbonyl (C=O) groups excluding carboxylic acids is 1. The van der Waals surface area contributed by atoms with E-state index < -0.39 is 46.7 Å². The summed E-state index contributed by atoms with van der Waals surface area (Å²) in [5, 5.41) is 13.1. The van der Waals surface area contributed by atoms with E-state index in [0.29, 0.717) is 68.6 Å². The Morgan fingerprint density at radius 1 is 1.00 bits per heavy atom. The molecule has 6 rings (SSSR count). The smallest absolute Gasteiger partial charge is 0.475 e. The van der Waals surface area contributed by atoms with Crippen LogP contribution in [0.25, 0.3) is 11.1 Å². The number of benzene rings is 1. The van der Waals surface area contributed by atoms with Gasteiger partial charge in [0.15, 0.2) is 0 Å². The first kappa shape index (κ1) is 34.6. The largest absolute Gasteiger partial charge is 0.490 e. The number of morpholine rings is 1. The topological polar surface area (TPSA) is 153 Å². The van der Waals surface area contributed by atoms with Crippen LogP contribution in [0.15, 0.2) is 41.6 Å². The van der Waals surface area contributed by atoms with E-state index in [1.54, 1.807) is 0 Å². The fraction of sp³-hybridized carbons (Fsp3) is 0.414. The summed E-state index contributed by atoms with van der Waals surface area (Å²) in [5.41, 5.74) is -2.23. The number of aromatic nitrogens is 3. The third-order valence-electron chi connectivity index (χ3n) is 8.00. The van der Waals surface area contributed by atoms with Gasteiger partial charge in [0.1, 0.15) is 5.82 Å². The monoisotopic (exact) mass is 687 g/mol. The fourth-order valence-corrected chi connectivity index (χ4v) is 5.66. The molecule has 3 saturated heterocycles. The zero-order valence-electron chi connectivity index (χ0n) is 24.8. The number of H-pyrrole nitrogens is 1. The number of hydrogen-bond acceptors (Lipinski definition) is 9. The molecule has 0 spiro atoms. The van der Waals surface area contributed by atoms with Crippen LogP contribution in [0.1, 0.15) is 22.3 Å². The van der Waals surface area contributed by atoms with Gasteiger partial charge in [0, 0.05) is 68.0 Å². The number of amides is 1. The van der Waals surface area contributed by atoms with E-state index in [1.165, 1.54) is 24.5 Å². The molecule has 2 aromatic heterocycles. The number of rotatable bonds is 5. The summed E-state index contributed by atoms with van der Waals surface area (Å²) in [4.78, 5) is 48.4. The summed E-state index contributed by atoms with van der Waals surface area (Å²) < 4.78 is 93.7. The molecule has 3 aromatic rings. The van der Waals surface area contributed by atoms with E-state index in [1.807, 2.05) is 9.80 Å². The van der Waals surface area contributed by atoms with Crippen molar-refractivity contribution in [1.82, 2.24) is 20.3 Å². The van der Waals surface area contributed by atoms with E-state index in [4.69, 9.17) is 14.6 Å². The molecule has 258 valence electrons. The van der Waals surface area contributed by atoms with Gasteiger partial charge in [0.2, 0.25) is 11.5 Å². The van der Waals surface area contributed by atoms with E-state index in [9.17, 15) is 35.9 Å². The normalized spacial score (nSPS) is 19.4. The SMILES string of the molecule is O=C(Nc1cc(-c2cnc(N3CCOCC3)nc2)c(F)cc1N1CC2CCNC2C1)c1c[nH]c(=O)cc1C(F)(F)F.O=C(O)C(F)(F)F. The van der Waals surface area contributed by atoms with Crippen LogP contribution in [0.2, 0.25) is 0 Å². The number of carboxylic acids is 1. The molecule has 4 N–H and O–H groups in total. The van der Waals surface area contributed by atoms with Crippen molar-refractivity contribution in [3.63, 3.8) is 0 Å². The average molecular weight is 688 g/mol. The van der Waals surface area contributed by atoms with Crippen LogP contribution in [-0.4, -0.2) is 90.1 Å². The van der Waals surface area contributed by atoms with Gasteiger partial charge in [0.05, 0.1) is 35.7 Å². The Balaban J connectivity index is 0.000000582. The molecule has 0 radical (unpaired) electrons. The van der Waals surface area contributed by atoms with Crippen LogP contribution in [0.5, 0.6) is 0 Å². The number of aromatic amines is 1. The Labute approximate surface area is 266 Å². The highest BCUT2D eigenvalue weighted by molar-refractivity contribution is 6.07. The van der Waals surface area contributed by atoms with Gasteiger partial charge in [-0.15, -0.1) is 0 Å². The quantitative estimate of drug-likeness (QED) is 0.294. The van der Waals surface area contributed by atoms with Crippen LogP contribution in [0, 0.1) is 11.7 Å². The van der Waals surface area contributed by atoms with Crippen LogP contribution in [0.3, 0.4) is 0 Å². The molecule has 0 aliphatic carbocycles. The lowest BCUT2D eigenvalue weighted by molar-refractivity contribution is -0.192. The maximum atomic E-state index is 15.6. The highest BCUT2D eigenvalue weighted by atomic mass is 19.4. The second-order valence-corrected chi connectivity index (χ2v) is 11.1. The van der Waals surface area contributed by atoms with Crippen LogP contribution < -0.4 is 26.0 Å². The van der Waals surface area contributed by atoms with E-state index in [2.05, 4.69) is 25.6 Å². The molecule has 12 nitrogen and oxygen atoms in total. The molecule has 1 amide bonds. The summed E-state index contributed by atoms with van der Waals surface area (Å²) >= 11 is 0. The van der Waals surface area contributed by atoms with Gasteiger partial charge in [-0.25, -0.2) is 19.2 Å². The van der Waals surface area contributed by atoms with Gasteiger partial charge < -0.3 is 35.3 Å². The average Bonchev–Trinajstić information content (AvgIpc) is 3.65. The van der Waals surface area contributed by atoms with Crippen molar-refractivity contribution in [2.45, 2.75) is 24.8 Å². The molecule has 3 aliphatic rings. The number of carboxylic acid groups (broad SMARTS) is 1. The van der Waals surface area contributed by atoms with Crippen LogP contribution >= 0.6 is 0 Å². The van der Waals surface area contributed by atoms with Crippen molar-refractivity contribution < 1.29 is 50.2 Å². The molecule has 3 fully saturated rings. The molecule has 0 saturated carbocycles. The predicted octanol–water partition coefficient (Wildman–Crippen LogP) is 3.51. The molecular weight excluding hydrogens is 659 g/mol. The maximum absolute atomic E-state index is 15.6. The molecule has 19 heteroatoms. The maximum Gasteiger partial charge on any atom is 0.490 e. The molecule has 1 aromatic carbocycles. The first-order valence-corrected chi connectivity index (χ1v) is 14.5. The third kappa shape index (κ3) is 7.84. The Bertz CT molecular complexity index is 1700. The first-order chi connectivity index (χ1) is 22.6. The lowest BCUT2D eigenvalue weighted by Gasteiger charge is -2.26. The van der Waals surface area contributed by atoms with Crippen molar-refractivity contribution in [2.24, 2.45) is 5.92 Å². The van der Waals surface area contributed by atoms with E-state index in [-0.39, 0.29) is 17.3 Å². The summed E-state index contributed by atoms with van der Waals surface area (Å²) in [6, 6.07) is 3.20. The number of pyridine rings is 1. The Morgan fingerprint density at radius 2 is 1.67 bits per heavy atom. The number of anilines is 3. The standard InChI is InChI=1S/C27H27F4N7O3.C2HF3O2/c28-20-9-23(38-13-15-1-2-32-22(15)14-38)21(36-25(40)18-12-33-24(39)8-19(18)27(29,30)31)7-17(20)16-10-34-26(35-11-16)37-3-5-41-6-4-37;3-2(4,5)1(6)7/h7-12,15,22,32H,1-6,13-14H2,(H,33,39)(H,36,40);(H,6,7). The number of ether oxygens (including phenoxy) is 1. The lowest BCUT2D eigenvalue weighted by Crippen LogP contribution is -2.37. The predicted molar refractivity (Wildman–Crippen MR) is 156 cm³/mol. The zero-order valence-corrected chi connectivity index (χ0v) is 24.8. The Kier molecular flexibility index (Phi) is 9.90. The number of halogens is 7. The van der Waals surface area contributed by atoms with E-state index >= 15 is 4.39 Å². The Hall–Kier alpha value is -4.78. The minimum Gasteiger partial charge on any atom is -0.475 e. The fourth-order valence-electron chi connectivity index (χ4n) is 5.66. The van der Waals surface area contributed by atoms with E-state index in [0.717, 1.165) is 19.2 Å². The molecule has 2 atom stereocenters. The number of nitrogens with zero attached hydrogens (tertiary/aromatic N) is 4. The van der Waals surface area contributed by atoms with Crippen LogP contribution in [0.4, 0.5) is 48.1 Å². The minimum atomic E-state index is -5.08. The molecule has 48 heavy (non-hydrogen) atoms. The molecule has 5 heterocycles. The van der Waals surface area contributed by atoms with Gasteiger partial charge in [0.25, 0.3) is 5.91 Å². The number of hydrogen-bond donors (Lipinski definition) is 4. The van der Waals surface area contributed by atoms with Crippen molar-refractivity contribution in [2.75, 3.05) is 61.1 Å². The highest BCUT2D eigenvalue weighted by Gasteiger charge is 2.39. The van der Waals surface area contributed by atoms with Gasteiger partial charge in [-0.3, -0.25) is 9.59 Å². The highest BCUT2D eigenvalue weighted by Crippen LogP contribution is 2.39. The van der Waals surface area contributed by atoms with Gasteiger partial charge in [-0.2, -0.15) is 26.3 Å². The van der Waals surface area contributed by atoms with Crippen molar-refractivity contribution in [3.8, 4) is 11.1 Å². The van der Waals surface area contributed by atoms with Crippen molar-refractivity contribution in [1.29, 1.82) is 0 Å². The molecular formula is C29H28F7N7O5. The molecule has 0 bridgehead atoms. The second-order valence-electron chi connectivity index (χ2n) is 11.1.